The van der Waals surface area contributed by atoms with Gasteiger partial charge in [0.1, 0.15) is 18.3 Å². The molecule has 14 heteroatoms. The van der Waals surface area contributed by atoms with Crippen LogP contribution in [0.1, 0.15) is 35.9 Å². The number of carboxylic acid groups (broad SMARTS) is 1. The number of alkyl halides is 2. The number of carbonyl (C=O) groups excluding carboxylic acids is 1. The summed E-state index contributed by atoms with van der Waals surface area (Å²) in [6, 6.07) is 3.25. The third kappa shape index (κ3) is 7.15. The molecular weight excluding hydrogens is 561 g/mol. The quantitative estimate of drug-likeness (QED) is 0.401. The molecular formula is C25H26ClF3N4O5S. The fourth-order valence-electron chi connectivity index (χ4n) is 4.48. The van der Waals surface area contributed by atoms with E-state index < -0.39 is 48.7 Å². The summed E-state index contributed by atoms with van der Waals surface area (Å²) in [4.78, 5) is 34.6. The van der Waals surface area contributed by atoms with Gasteiger partial charge in [0.05, 0.1) is 30.4 Å². The number of carbonyl (C=O) groups is 2. The predicted octanol–water partition coefficient (Wildman–Crippen LogP) is 4.04. The predicted molar refractivity (Wildman–Crippen MR) is 138 cm³/mol. The lowest BCUT2D eigenvalue weighted by Gasteiger charge is -2.36. The number of nitrogens with zero attached hydrogens (tertiary/aromatic N) is 3. The fraction of sp³-hybridized carbons (Fsp3) is 0.440. The topological polar surface area (TPSA) is 113 Å². The second-order valence-corrected chi connectivity index (χ2v) is 10.3. The molecule has 2 N–H and O–H groups in total. The van der Waals surface area contributed by atoms with Crippen LogP contribution in [-0.4, -0.2) is 78.1 Å². The number of thiazole rings is 1. The van der Waals surface area contributed by atoms with Crippen LogP contribution >= 0.6 is 22.9 Å². The number of carboxylic acids is 1. The van der Waals surface area contributed by atoms with E-state index in [2.05, 4.69) is 15.3 Å². The number of halogens is 4. The van der Waals surface area contributed by atoms with Crippen molar-refractivity contribution in [2.24, 2.45) is 4.99 Å². The van der Waals surface area contributed by atoms with E-state index >= 15 is 0 Å². The summed E-state index contributed by atoms with van der Waals surface area (Å²) in [6.07, 6.45) is -0.885. The Labute approximate surface area is 231 Å². The molecule has 0 unspecified atom stereocenters. The van der Waals surface area contributed by atoms with Gasteiger partial charge in [0, 0.05) is 48.9 Å². The number of aliphatic carboxylic acids is 1. The molecule has 2 aliphatic rings. The number of aliphatic imine (C=N–C) groups is 1. The first-order valence-corrected chi connectivity index (χ1v) is 13.3. The van der Waals surface area contributed by atoms with Gasteiger partial charge in [-0.25, -0.2) is 22.9 Å². The monoisotopic (exact) mass is 586 g/mol. The number of morpholine rings is 1. The van der Waals surface area contributed by atoms with Crippen LogP contribution < -0.4 is 5.32 Å². The van der Waals surface area contributed by atoms with Crippen molar-refractivity contribution in [1.82, 2.24) is 15.2 Å². The average Bonchev–Trinajstić information content (AvgIpc) is 3.43. The standard InChI is InChI=1S/C25H26ClF3N4O5S/c1-37-24(36)19-17(13-33-8-9-38-14(12-33)5-6-25(28,29)11-18(34)35)31-22(23-30-7-10-39-23)32-21(19)15-3-2-4-16(27)20(15)26/h2-4,7,10,14,21H,5-6,8-9,11-13H2,1H3,(H,31,32)(H,34,35)/t14-,21+/m1/s1. The van der Waals surface area contributed by atoms with Crippen LogP contribution in [0.25, 0.3) is 0 Å². The lowest BCUT2D eigenvalue weighted by Crippen LogP contribution is -2.46. The molecule has 1 aromatic carbocycles. The Morgan fingerprint density at radius 3 is 2.87 bits per heavy atom. The molecule has 0 bridgehead atoms. The number of ether oxygens (including phenoxy) is 2. The van der Waals surface area contributed by atoms with Crippen molar-refractivity contribution in [3.05, 3.63) is 62.5 Å². The molecule has 3 heterocycles. The van der Waals surface area contributed by atoms with E-state index in [4.69, 9.17) is 26.2 Å². The van der Waals surface area contributed by atoms with Crippen molar-refractivity contribution in [2.45, 2.75) is 37.3 Å². The molecule has 2 aliphatic heterocycles. The number of benzene rings is 1. The normalized spacial score (nSPS) is 20.4. The molecule has 2 atom stereocenters. The van der Waals surface area contributed by atoms with Crippen LogP contribution in [0, 0.1) is 5.82 Å². The zero-order valence-corrected chi connectivity index (χ0v) is 22.4. The highest BCUT2D eigenvalue weighted by molar-refractivity contribution is 7.11. The molecule has 0 amide bonds. The van der Waals surface area contributed by atoms with Gasteiger partial charge < -0.3 is 19.9 Å². The van der Waals surface area contributed by atoms with Crippen molar-refractivity contribution in [1.29, 1.82) is 0 Å². The van der Waals surface area contributed by atoms with Crippen LogP contribution in [0.3, 0.4) is 0 Å². The minimum absolute atomic E-state index is 0.0412. The molecule has 0 saturated carbocycles. The van der Waals surface area contributed by atoms with Gasteiger partial charge in [-0.1, -0.05) is 23.7 Å². The zero-order chi connectivity index (χ0) is 28.2. The van der Waals surface area contributed by atoms with Crippen LogP contribution in [-0.2, 0) is 19.1 Å². The van der Waals surface area contributed by atoms with Crippen molar-refractivity contribution >= 4 is 40.7 Å². The largest absolute Gasteiger partial charge is 0.481 e. The average molecular weight is 587 g/mol. The van der Waals surface area contributed by atoms with Gasteiger partial charge in [0.15, 0.2) is 10.8 Å². The molecule has 2 aromatic rings. The van der Waals surface area contributed by atoms with Crippen molar-refractivity contribution in [2.75, 3.05) is 33.4 Å². The minimum Gasteiger partial charge on any atom is -0.481 e. The van der Waals surface area contributed by atoms with E-state index in [0.717, 1.165) is 0 Å². The second-order valence-electron chi connectivity index (χ2n) is 9.06. The van der Waals surface area contributed by atoms with Gasteiger partial charge in [0.25, 0.3) is 5.92 Å². The van der Waals surface area contributed by atoms with E-state index in [1.807, 2.05) is 4.90 Å². The third-order valence-corrected chi connectivity index (χ3v) is 7.47. The third-order valence-electron chi connectivity index (χ3n) is 6.29. The summed E-state index contributed by atoms with van der Waals surface area (Å²) >= 11 is 7.61. The zero-order valence-electron chi connectivity index (χ0n) is 20.8. The van der Waals surface area contributed by atoms with Gasteiger partial charge in [-0.3, -0.25) is 14.7 Å². The summed E-state index contributed by atoms with van der Waals surface area (Å²) in [5.74, 6) is -5.92. The van der Waals surface area contributed by atoms with Crippen molar-refractivity contribution in [3.8, 4) is 0 Å². The van der Waals surface area contributed by atoms with Gasteiger partial charge in [-0.05, 0) is 12.5 Å². The van der Waals surface area contributed by atoms with Gasteiger partial charge in [-0.15, -0.1) is 11.3 Å². The molecule has 39 heavy (non-hydrogen) atoms. The molecule has 4 rings (SSSR count). The van der Waals surface area contributed by atoms with Crippen LogP contribution in [0.5, 0.6) is 0 Å². The number of nitrogens with one attached hydrogen (secondary N) is 1. The molecule has 1 fully saturated rings. The maximum absolute atomic E-state index is 14.4. The Morgan fingerprint density at radius 1 is 1.38 bits per heavy atom. The smallest absolute Gasteiger partial charge is 0.338 e. The Morgan fingerprint density at radius 2 is 2.18 bits per heavy atom. The van der Waals surface area contributed by atoms with E-state index in [1.54, 1.807) is 17.6 Å². The van der Waals surface area contributed by atoms with Crippen LogP contribution in [0.15, 0.2) is 46.0 Å². The number of amidine groups is 1. The summed E-state index contributed by atoms with van der Waals surface area (Å²) in [7, 11) is 1.22. The highest BCUT2D eigenvalue weighted by Crippen LogP contribution is 2.37. The van der Waals surface area contributed by atoms with E-state index in [-0.39, 0.29) is 42.3 Å². The van der Waals surface area contributed by atoms with E-state index in [1.165, 1.54) is 30.6 Å². The van der Waals surface area contributed by atoms with Crippen molar-refractivity contribution < 1.29 is 37.3 Å². The SMILES string of the molecule is COC(=O)C1=C(CN2CCO[C@H](CCC(F)(F)CC(=O)O)C2)NC(c2nccs2)=N[C@H]1c1cccc(F)c1Cl. The van der Waals surface area contributed by atoms with E-state index in [9.17, 15) is 22.8 Å². The first-order valence-electron chi connectivity index (χ1n) is 12.0. The van der Waals surface area contributed by atoms with E-state index in [0.29, 0.717) is 23.1 Å². The molecule has 0 spiro atoms. The van der Waals surface area contributed by atoms with Crippen molar-refractivity contribution in [3.63, 3.8) is 0 Å². The Bertz CT molecular complexity index is 1270. The highest BCUT2D eigenvalue weighted by Gasteiger charge is 2.37. The minimum atomic E-state index is -3.35. The Hall–Kier alpha value is -3.00. The summed E-state index contributed by atoms with van der Waals surface area (Å²) in [5.41, 5.74) is 0.816. The van der Waals surface area contributed by atoms with Gasteiger partial charge in [-0.2, -0.15) is 0 Å². The lowest BCUT2D eigenvalue weighted by molar-refractivity contribution is -0.146. The molecule has 1 aromatic heterocycles. The number of aromatic nitrogens is 1. The molecule has 9 nitrogen and oxygen atoms in total. The number of hydrogen-bond acceptors (Lipinski definition) is 9. The van der Waals surface area contributed by atoms with Crippen LogP contribution in [0.4, 0.5) is 13.2 Å². The second kappa shape index (κ2) is 12.5. The first kappa shape index (κ1) is 29.0. The van der Waals surface area contributed by atoms with Gasteiger partial charge in [0.2, 0.25) is 0 Å². The first-order chi connectivity index (χ1) is 18.6. The maximum Gasteiger partial charge on any atom is 0.338 e. The summed E-state index contributed by atoms with van der Waals surface area (Å²) in [5, 5.41) is 14.0. The van der Waals surface area contributed by atoms with Crippen LogP contribution in [0.2, 0.25) is 5.02 Å². The Kier molecular flexibility index (Phi) is 9.26. The highest BCUT2D eigenvalue weighted by atomic mass is 35.5. The number of methoxy groups -OCH3 is 1. The van der Waals surface area contributed by atoms with Gasteiger partial charge >= 0.3 is 11.9 Å². The molecule has 1 saturated heterocycles. The molecule has 0 radical (unpaired) electrons. The summed E-state index contributed by atoms with van der Waals surface area (Å²) < 4.78 is 53.0. The maximum atomic E-state index is 14.4. The number of esters is 1. The molecule has 0 aliphatic carbocycles. The fourth-order valence-corrected chi connectivity index (χ4v) is 5.30. The summed E-state index contributed by atoms with van der Waals surface area (Å²) in [6.45, 7) is 1.13. The molecule has 210 valence electrons. The Balaban J connectivity index is 1.62. The number of rotatable bonds is 10. The number of hydrogen-bond donors (Lipinski definition) is 2. The lowest BCUT2D eigenvalue weighted by atomic mass is 9.95.